The first-order valence-corrected chi connectivity index (χ1v) is 10.8. The van der Waals surface area contributed by atoms with Gasteiger partial charge in [0.2, 0.25) is 0 Å². The van der Waals surface area contributed by atoms with Gasteiger partial charge in [-0.3, -0.25) is 0 Å². The minimum absolute atomic E-state index is 0.747. The first-order valence-electron chi connectivity index (χ1n) is 6.45. The van der Waals surface area contributed by atoms with E-state index in [2.05, 4.69) is 16.8 Å². The quantitative estimate of drug-likeness (QED) is 0.614. The van der Waals surface area contributed by atoms with Crippen LogP contribution in [0.25, 0.3) is 0 Å². The number of nitrogens with two attached hydrogens (primary N) is 1. The van der Waals surface area contributed by atoms with Crippen LogP contribution in [0, 0.1) is 0 Å². The van der Waals surface area contributed by atoms with Gasteiger partial charge in [-0.15, -0.1) is 0 Å². The molecule has 0 bridgehead atoms. The normalized spacial score (nSPS) is 16.0. The Morgan fingerprint density at radius 1 is 1.00 bits per heavy atom. The molecule has 0 saturated carbocycles. The van der Waals surface area contributed by atoms with E-state index in [1.807, 2.05) is 50.3 Å². The summed E-state index contributed by atoms with van der Waals surface area (Å²) in [6, 6.07) is 14.1. The zero-order valence-corrected chi connectivity index (χ0v) is 13.6. The monoisotopic (exact) mass is 306 g/mol. The van der Waals surface area contributed by atoms with Crippen molar-refractivity contribution < 1.29 is 4.89 Å². The van der Waals surface area contributed by atoms with Crippen LogP contribution in [0.1, 0.15) is 0 Å². The molecule has 0 unspecified atom stereocenters. The van der Waals surface area contributed by atoms with Crippen molar-refractivity contribution >= 4 is 35.8 Å². The number of nitrogen functional groups attached to an aromatic ring is 1. The fraction of sp³-hybridized carbons (Fsp3) is 0.200. The van der Waals surface area contributed by atoms with Gasteiger partial charge in [-0.2, -0.15) is 0 Å². The van der Waals surface area contributed by atoms with Gasteiger partial charge in [0, 0.05) is 0 Å². The molecule has 106 valence electrons. The summed E-state index contributed by atoms with van der Waals surface area (Å²) in [5.74, 6) is 0. The van der Waals surface area contributed by atoms with E-state index in [0.717, 1.165) is 26.9 Å². The van der Waals surface area contributed by atoms with E-state index in [1.165, 1.54) is 0 Å². The van der Waals surface area contributed by atoms with Crippen LogP contribution < -0.4 is 10.4 Å². The van der Waals surface area contributed by atoms with Crippen LogP contribution in [0.2, 0.25) is 0 Å². The van der Waals surface area contributed by atoms with E-state index in [0.29, 0.717) is 0 Å². The van der Waals surface area contributed by atoms with Gasteiger partial charge in [-0.1, -0.05) is 0 Å². The van der Waals surface area contributed by atoms with Gasteiger partial charge in [-0.25, -0.2) is 0 Å². The summed E-state index contributed by atoms with van der Waals surface area (Å²) in [6.45, 7) is 2.86. The average molecular weight is 306 g/mol. The Hall–Kier alpha value is -1.22. The van der Waals surface area contributed by atoms with Crippen LogP contribution in [-0.4, -0.2) is 24.9 Å². The predicted molar refractivity (Wildman–Crippen MR) is 90.5 cm³/mol. The third-order valence-electron chi connectivity index (χ3n) is 3.21. The summed E-state index contributed by atoms with van der Waals surface area (Å²) in [7, 11) is 0. The van der Waals surface area contributed by atoms with Crippen molar-refractivity contribution in [3.8, 4) is 0 Å². The molecule has 20 heavy (non-hydrogen) atoms. The molecule has 3 nitrogen and oxygen atoms in total. The summed E-state index contributed by atoms with van der Waals surface area (Å²) < 4.78 is 2.10. The molecule has 3 rings (SSSR count). The van der Waals surface area contributed by atoms with E-state index < -0.39 is 6.98 Å². The van der Waals surface area contributed by atoms with Gasteiger partial charge in [0.25, 0.3) is 0 Å². The molecule has 0 saturated heterocycles. The van der Waals surface area contributed by atoms with Crippen molar-refractivity contribution in [1.82, 2.24) is 0 Å². The fourth-order valence-corrected chi connectivity index (χ4v) is 5.57. The van der Waals surface area contributed by atoms with E-state index in [9.17, 15) is 4.89 Å². The molecular weight excluding hydrogens is 287 g/mol. The molecule has 0 aromatic heterocycles. The van der Waals surface area contributed by atoms with E-state index in [1.54, 1.807) is 11.8 Å². The molecular formula is C15H19N2OPS. The first-order chi connectivity index (χ1) is 9.22. The number of hydrogen-bond acceptors (Lipinski definition) is 4. The molecule has 1 aliphatic rings. The second-order valence-electron chi connectivity index (χ2n) is 6.24. The first kappa shape index (κ1) is 13.7. The molecule has 1 aliphatic heterocycles. The third kappa shape index (κ3) is 2.28. The summed E-state index contributed by atoms with van der Waals surface area (Å²) in [5.41, 5.74) is 8.76. The van der Waals surface area contributed by atoms with Crippen molar-refractivity contribution in [3.63, 3.8) is 0 Å². The molecule has 0 amide bonds. The topological polar surface area (TPSA) is 49.5 Å². The summed E-state index contributed by atoms with van der Waals surface area (Å²) in [5, 5.41) is 0. The molecule has 2 aromatic rings. The molecule has 0 atom stereocenters. The van der Waals surface area contributed by atoms with Gasteiger partial charge < -0.3 is 0 Å². The Morgan fingerprint density at radius 2 is 1.65 bits per heavy atom. The van der Waals surface area contributed by atoms with Crippen LogP contribution in [0.4, 0.5) is 17.1 Å². The van der Waals surface area contributed by atoms with Crippen LogP contribution in [0.15, 0.2) is 52.3 Å². The van der Waals surface area contributed by atoms with Crippen LogP contribution in [0.3, 0.4) is 0 Å². The SMILES string of the molecule is CP(C)(C)(O)N1c2ccccc2Sc2cc(N)ccc21. The van der Waals surface area contributed by atoms with Crippen molar-refractivity contribution in [2.45, 2.75) is 9.79 Å². The van der Waals surface area contributed by atoms with E-state index in [-0.39, 0.29) is 0 Å². The number of para-hydroxylation sites is 1. The molecule has 5 heteroatoms. The summed E-state index contributed by atoms with van der Waals surface area (Å²) >= 11 is 1.70. The Kier molecular flexibility index (Phi) is 2.85. The van der Waals surface area contributed by atoms with Crippen LogP contribution in [-0.2, 0) is 0 Å². The van der Waals surface area contributed by atoms with Crippen LogP contribution >= 0.6 is 18.7 Å². The summed E-state index contributed by atoms with van der Waals surface area (Å²) in [4.78, 5) is 13.3. The minimum atomic E-state index is -2.97. The molecule has 0 radical (unpaired) electrons. The number of hydrogen-bond donors (Lipinski definition) is 2. The summed E-state index contributed by atoms with van der Waals surface area (Å²) in [6.07, 6.45) is 0. The van der Waals surface area contributed by atoms with Crippen molar-refractivity contribution in [2.24, 2.45) is 0 Å². The number of rotatable bonds is 1. The Morgan fingerprint density at radius 3 is 2.35 bits per heavy atom. The van der Waals surface area contributed by atoms with E-state index in [4.69, 9.17) is 5.73 Å². The maximum absolute atomic E-state index is 11.1. The van der Waals surface area contributed by atoms with Gasteiger partial charge in [-0.05, 0) is 0 Å². The van der Waals surface area contributed by atoms with E-state index >= 15 is 0 Å². The van der Waals surface area contributed by atoms with Crippen molar-refractivity contribution in [2.75, 3.05) is 30.4 Å². The zero-order chi connectivity index (χ0) is 14.6. The molecule has 2 aromatic carbocycles. The Labute approximate surface area is 123 Å². The van der Waals surface area contributed by atoms with Gasteiger partial charge >= 0.3 is 123 Å². The van der Waals surface area contributed by atoms with Gasteiger partial charge in [0.1, 0.15) is 0 Å². The Balaban J connectivity index is 2.29. The second-order valence-corrected chi connectivity index (χ2v) is 13.0. The van der Waals surface area contributed by atoms with Crippen LogP contribution in [0.5, 0.6) is 0 Å². The molecule has 0 fully saturated rings. The standard InChI is InChI=1S/C15H19N2OPS/c1-19(2,3,18)17-12-6-4-5-7-14(12)20-15-10-11(16)8-9-13(15)17/h4-10,18H,16H2,1-3H3. The second kappa shape index (κ2) is 4.14. The Bertz CT molecular complexity index is 685. The van der Waals surface area contributed by atoms with Crippen molar-refractivity contribution in [3.05, 3.63) is 42.5 Å². The molecule has 1 heterocycles. The number of benzene rings is 2. The number of anilines is 3. The zero-order valence-electron chi connectivity index (χ0n) is 11.9. The molecule has 0 spiro atoms. The third-order valence-corrected chi connectivity index (χ3v) is 6.14. The average Bonchev–Trinajstić information content (AvgIpc) is 2.33. The number of fused-ring (bicyclic) bond motifs is 2. The number of nitrogens with zero attached hydrogens (tertiary/aromatic N) is 1. The van der Waals surface area contributed by atoms with Gasteiger partial charge in [0.05, 0.1) is 0 Å². The molecule has 0 aliphatic carbocycles. The van der Waals surface area contributed by atoms with Gasteiger partial charge in [0.15, 0.2) is 0 Å². The maximum atomic E-state index is 11.1. The fourth-order valence-electron chi connectivity index (χ4n) is 2.50. The predicted octanol–water partition coefficient (Wildman–Crippen LogP) is 4.14. The molecule has 3 N–H and O–H groups in total. The van der Waals surface area contributed by atoms with Crippen molar-refractivity contribution in [1.29, 1.82) is 0 Å².